The Morgan fingerprint density at radius 3 is 2.55 bits per heavy atom. The van der Waals surface area contributed by atoms with E-state index in [0.29, 0.717) is 23.7 Å². The van der Waals surface area contributed by atoms with Gasteiger partial charge in [-0.1, -0.05) is 42.5 Å². The first kappa shape index (κ1) is 20.3. The summed E-state index contributed by atoms with van der Waals surface area (Å²) in [6, 6.07) is 16.3. The zero-order valence-corrected chi connectivity index (χ0v) is 16.4. The number of nitrogens with zero attached hydrogens (tertiary/aromatic N) is 3. The Kier molecular flexibility index (Phi) is 6.46. The van der Waals surface area contributed by atoms with Gasteiger partial charge in [-0.15, -0.1) is 5.10 Å². The summed E-state index contributed by atoms with van der Waals surface area (Å²) < 4.78 is 7.95. The molecule has 3 aromatic rings. The van der Waals surface area contributed by atoms with Crippen molar-refractivity contribution in [2.75, 3.05) is 13.7 Å². The molecule has 0 bridgehead atoms. The van der Waals surface area contributed by atoms with Crippen molar-refractivity contribution in [2.24, 2.45) is 0 Å². The van der Waals surface area contributed by atoms with Gasteiger partial charge >= 0.3 is 5.69 Å². The minimum Gasteiger partial charge on any atom is -0.494 e. The lowest BCUT2D eigenvalue weighted by molar-refractivity contribution is -0.122. The summed E-state index contributed by atoms with van der Waals surface area (Å²) in [5, 5.41) is 16.3. The van der Waals surface area contributed by atoms with Crippen molar-refractivity contribution in [2.45, 2.75) is 25.9 Å². The summed E-state index contributed by atoms with van der Waals surface area (Å²) in [6.07, 6.45) is 0.390. The monoisotopic (exact) mass is 396 g/mol. The maximum Gasteiger partial charge on any atom is 0.351 e. The number of benzene rings is 2. The van der Waals surface area contributed by atoms with Gasteiger partial charge in [-0.3, -0.25) is 9.36 Å². The molecule has 0 fully saturated rings. The fourth-order valence-corrected chi connectivity index (χ4v) is 2.98. The number of ether oxygens (including phenoxy) is 1. The second kappa shape index (κ2) is 9.20. The van der Waals surface area contributed by atoms with Crippen LogP contribution in [0.3, 0.4) is 0 Å². The molecule has 1 aromatic heterocycles. The number of carbonyl (C=O) groups excluding carboxylic acids is 1. The van der Waals surface area contributed by atoms with Crippen LogP contribution in [0, 0.1) is 0 Å². The van der Waals surface area contributed by atoms with Crippen molar-refractivity contribution in [3.8, 4) is 11.4 Å². The van der Waals surface area contributed by atoms with Crippen LogP contribution < -0.4 is 15.7 Å². The van der Waals surface area contributed by atoms with Crippen molar-refractivity contribution in [3.05, 3.63) is 76.5 Å². The van der Waals surface area contributed by atoms with Crippen LogP contribution in [-0.4, -0.2) is 45.1 Å². The standard InChI is InChI=1S/C21H24N4O4/c1-15(14-26)22-20(27)13-24-19(12-16-8-4-3-5-9-16)23-25(21(24)28)17-10-6-7-11-18(17)29-2/h3-11,15,26H,12-14H2,1-2H3,(H,22,27)/t15-/m0/s1. The Bertz CT molecular complexity index is 1030. The maximum atomic E-state index is 13.1. The van der Waals surface area contributed by atoms with Crippen LogP contribution in [0.4, 0.5) is 0 Å². The van der Waals surface area contributed by atoms with Gasteiger partial charge in [0.2, 0.25) is 5.91 Å². The molecule has 152 valence electrons. The first-order valence-corrected chi connectivity index (χ1v) is 9.29. The van der Waals surface area contributed by atoms with Crippen molar-refractivity contribution in [3.63, 3.8) is 0 Å². The molecule has 0 saturated heterocycles. The second-order valence-electron chi connectivity index (χ2n) is 6.68. The molecule has 1 heterocycles. The highest BCUT2D eigenvalue weighted by molar-refractivity contribution is 5.76. The third-order valence-electron chi connectivity index (χ3n) is 4.44. The van der Waals surface area contributed by atoms with E-state index in [-0.39, 0.29) is 19.1 Å². The third-order valence-corrected chi connectivity index (χ3v) is 4.44. The summed E-state index contributed by atoms with van der Waals surface area (Å²) in [5.74, 6) is 0.588. The molecular weight excluding hydrogens is 372 g/mol. The second-order valence-corrected chi connectivity index (χ2v) is 6.68. The van der Waals surface area contributed by atoms with Gasteiger partial charge in [-0.05, 0) is 24.6 Å². The van der Waals surface area contributed by atoms with Crippen molar-refractivity contribution in [1.29, 1.82) is 0 Å². The van der Waals surface area contributed by atoms with Gasteiger partial charge in [-0.2, -0.15) is 4.68 Å². The normalized spacial score (nSPS) is 11.8. The van der Waals surface area contributed by atoms with E-state index in [1.165, 1.54) is 16.4 Å². The molecule has 2 N–H and O–H groups in total. The average molecular weight is 396 g/mol. The van der Waals surface area contributed by atoms with Crippen molar-refractivity contribution >= 4 is 5.91 Å². The van der Waals surface area contributed by atoms with Crippen LogP contribution in [0.15, 0.2) is 59.4 Å². The van der Waals surface area contributed by atoms with Gasteiger partial charge in [0.25, 0.3) is 0 Å². The number of aliphatic hydroxyl groups is 1. The summed E-state index contributed by atoms with van der Waals surface area (Å²) in [5.41, 5.74) is 1.03. The van der Waals surface area contributed by atoms with Crippen molar-refractivity contribution in [1.82, 2.24) is 19.7 Å². The molecule has 3 rings (SSSR count). The smallest absolute Gasteiger partial charge is 0.351 e. The van der Waals surface area contributed by atoms with Crippen LogP contribution in [-0.2, 0) is 17.8 Å². The number of para-hydroxylation sites is 2. The van der Waals surface area contributed by atoms with Crippen LogP contribution in [0.2, 0.25) is 0 Å². The lowest BCUT2D eigenvalue weighted by Crippen LogP contribution is -2.39. The number of rotatable bonds is 8. The van der Waals surface area contributed by atoms with Crippen LogP contribution in [0.25, 0.3) is 5.69 Å². The molecule has 0 unspecified atom stereocenters. The van der Waals surface area contributed by atoms with E-state index in [1.807, 2.05) is 30.3 Å². The zero-order chi connectivity index (χ0) is 20.8. The van der Waals surface area contributed by atoms with Gasteiger partial charge < -0.3 is 15.2 Å². The largest absolute Gasteiger partial charge is 0.494 e. The SMILES string of the molecule is COc1ccccc1-n1nc(Cc2ccccc2)n(CC(=O)N[C@@H](C)CO)c1=O. The molecule has 0 saturated carbocycles. The minimum atomic E-state index is -0.438. The number of amides is 1. The third kappa shape index (κ3) is 4.72. The zero-order valence-electron chi connectivity index (χ0n) is 16.4. The Labute approximate surface area is 168 Å². The lowest BCUT2D eigenvalue weighted by atomic mass is 10.1. The predicted octanol–water partition coefficient (Wildman–Crippen LogP) is 1.13. The fraction of sp³-hybridized carbons (Fsp3) is 0.286. The molecule has 2 aromatic carbocycles. The van der Waals surface area contributed by atoms with E-state index in [9.17, 15) is 9.59 Å². The van der Waals surface area contributed by atoms with Gasteiger partial charge in [0.05, 0.1) is 13.7 Å². The summed E-state index contributed by atoms with van der Waals surface area (Å²) in [7, 11) is 1.52. The number of hydrogen-bond donors (Lipinski definition) is 2. The molecule has 0 aliphatic carbocycles. The van der Waals surface area contributed by atoms with Gasteiger partial charge in [0.1, 0.15) is 23.8 Å². The molecule has 0 spiro atoms. The molecule has 1 amide bonds. The quantitative estimate of drug-likeness (QED) is 0.595. The predicted molar refractivity (Wildman–Crippen MR) is 108 cm³/mol. The number of carbonyl (C=O) groups is 1. The Balaban J connectivity index is 2.03. The molecular formula is C21H24N4O4. The molecule has 0 radical (unpaired) electrons. The van der Waals surface area contributed by atoms with Gasteiger partial charge in [-0.25, -0.2) is 4.79 Å². The summed E-state index contributed by atoms with van der Waals surface area (Å²) in [4.78, 5) is 25.5. The minimum absolute atomic E-state index is 0.183. The first-order valence-electron chi connectivity index (χ1n) is 9.29. The lowest BCUT2D eigenvalue weighted by Gasteiger charge is -2.11. The van der Waals surface area contributed by atoms with Gasteiger partial charge in [0, 0.05) is 12.5 Å². The van der Waals surface area contributed by atoms with Crippen LogP contribution in [0.5, 0.6) is 5.75 Å². The van der Waals surface area contributed by atoms with E-state index >= 15 is 0 Å². The highest BCUT2D eigenvalue weighted by Gasteiger charge is 2.20. The fourth-order valence-electron chi connectivity index (χ4n) is 2.98. The number of hydrogen-bond acceptors (Lipinski definition) is 5. The molecule has 0 aliphatic heterocycles. The molecule has 8 nitrogen and oxygen atoms in total. The Morgan fingerprint density at radius 1 is 1.17 bits per heavy atom. The average Bonchev–Trinajstić information content (AvgIpc) is 3.03. The molecule has 1 atom stereocenters. The molecule has 29 heavy (non-hydrogen) atoms. The van der Waals surface area contributed by atoms with Gasteiger partial charge in [0.15, 0.2) is 0 Å². The summed E-state index contributed by atoms with van der Waals surface area (Å²) >= 11 is 0. The summed E-state index contributed by atoms with van der Waals surface area (Å²) in [6.45, 7) is 1.31. The number of methoxy groups -OCH3 is 1. The van der Waals surface area contributed by atoms with E-state index in [0.717, 1.165) is 5.56 Å². The maximum absolute atomic E-state index is 13.1. The Hall–Kier alpha value is -3.39. The molecule has 8 heteroatoms. The van der Waals surface area contributed by atoms with E-state index in [1.54, 1.807) is 31.2 Å². The van der Waals surface area contributed by atoms with E-state index < -0.39 is 11.7 Å². The van der Waals surface area contributed by atoms with E-state index in [4.69, 9.17) is 9.84 Å². The van der Waals surface area contributed by atoms with E-state index in [2.05, 4.69) is 10.4 Å². The van der Waals surface area contributed by atoms with Crippen molar-refractivity contribution < 1.29 is 14.6 Å². The first-order chi connectivity index (χ1) is 14.0. The number of nitrogens with one attached hydrogen (secondary N) is 1. The Morgan fingerprint density at radius 2 is 1.86 bits per heavy atom. The number of aromatic nitrogens is 3. The highest BCUT2D eigenvalue weighted by Crippen LogP contribution is 2.20. The van der Waals surface area contributed by atoms with Crippen LogP contribution in [0.1, 0.15) is 18.3 Å². The topological polar surface area (TPSA) is 98.4 Å². The molecule has 0 aliphatic rings. The number of aliphatic hydroxyl groups excluding tert-OH is 1. The van der Waals surface area contributed by atoms with Crippen LogP contribution >= 0.6 is 0 Å². The highest BCUT2D eigenvalue weighted by atomic mass is 16.5.